The van der Waals surface area contributed by atoms with Crippen molar-refractivity contribution < 1.29 is 4.79 Å². The van der Waals surface area contributed by atoms with E-state index in [0.29, 0.717) is 5.16 Å². The number of nitrogens with zero attached hydrogens (tertiary/aromatic N) is 4. The third-order valence-corrected chi connectivity index (χ3v) is 4.28. The van der Waals surface area contributed by atoms with Gasteiger partial charge in [-0.2, -0.15) is 5.10 Å². The van der Waals surface area contributed by atoms with E-state index < -0.39 is 0 Å². The lowest BCUT2D eigenvalue weighted by molar-refractivity contribution is 0.0866. The molecule has 2 aromatic heterocycles. The summed E-state index contributed by atoms with van der Waals surface area (Å²) in [5.74, 6) is 0.283. The normalized spacial score (nSPS) is 14.6. The highest BCUT2D eigenvalue weighted by Crippen LogP contribution is 2.34. The van der Waals surface area contributed by atoms with Gasteiger partial charge in [0, 0.05) is 18.3 Å². The quantitative estimate of drug-likeness (QED) is 0.805. The van der Waals surface area contributed by atoms with Crippen LogP contribution in [-0.2, 0) is 0 Å². The highest BCUT2D eigenvalue weighted by atomic mass is 32.2. The van der Waals surface area contributed by atoms with Gasteiger partial charge in [-0.15, -0.1) is 0 Å². The van der Waals surface area contributed by atoms with Crippen molar-refractivity contribution >= 4 is 17.7 Å². The Hall–Kier alpha value is -1.69. The minimum atomic E-state index is 0.112. The van der Waals surface area contributed by atoms with Crippen molar-refractivity contribution in [1.82, 2.24) is 19.7 Å². The molecule has 1 aliphatic carbocycles. The van der Waals surface area contributed by atoms with Crippen molar-refractivity contribution in [3.8, 4) is 0 Å². The Morgan fingerprint density at radius 1 is 1.32 bits per heavy atom. The number of hydrogen-bond acceptors (Lipinski definition) is 5. The molecular weight excluding hydrogens is 260 g/mol. The minimum Gasteiger partial charge on any atom is -0.272 e. The van der Waals surface area contributed by atoms with Gasteiger partial charge in [-0.1, -0.05) is 0 Å². The first kappa shape index (κ1) is 12.3. The Balaban J connectivity index is 1.91. The zero-order chi connectivity index (χ0) is 13.4. The third kappa shape index (κ3) is 2.40. The van der Waals surface area contributed by atoms with E-state index in [4.69, 9.17) is 0 Å². The van der Waals surface area contributed by atoms with Crippen LogP contribution in [0.2, 0.25) is 0 Å². The van der Waals surface area contributed by atoms with E-state index >= 15 is 0 Å². The molecular formula is C13H14N4OS. The lowest BCUT2D eigenvalue weighted by atomic mass is 10.3. The first-order valence-corrected chi connectivity index (χ1v) is 7.04. The van der Waals surface area contributed by atoms with Crippen molar-refractivity contribution in [3.05, 3.63) is 29.8 Å². The summed E-state index contributed by atoms with van der Waals surface area (Å²) in [7, 11) is 0. The van der Waals surface area contributed by atoms with Crippen LogP contribution in [0.4, 0.5) is 0 Å². The lowest BCUT2D eigenvalue weighted by Crippen LogP contribution is -2.15. The molecule has 1 aliphatic rings. The number of aromatic nitrogens is 4. The van der Waals surface area contributed by atoms with Gasteiger partial charge in [0.2, 0.25) is 5.91 Å². The van der Waals surface area contributed by atoms with Crippen molar-refractivity contribution in [3.63, 3.8) is 0 Å². The molecule has 2 heterocycles. The molecule has 6 heteroatoms. The van der Waals surface area contributed by atoms with E-state index in [1.54, 1.807) is 18.5 Å². The predicted octanol–water partition coefficient (Wildman–Crippen LogP) is 2.49. The van der Waals surface area contributed by atoms with E-state index in [1.807, 2.05) is 13.8 Å². The number of carbonyl (C=O) groups is 1. The summed E-state index contributed by atoms with van der Waals surface area (Å²) in [6.07, 6.45) is 5.39. The summed E-state index contributed by atoms with van der Waals surface area (Å²) in [6.45, 7) is 3.83. The van der Waals surface area contributed by atoms with Crippen LogP contribution in [-0.4, -0.2) is 25.7 Å². The van der Waals surface area contributed by atoms with Crippen LogP contribution < -0.4 is 0 Å². The second-order valence-electron chi connectivity index (χ2n) is 4.66. The van der Waals surface area contributed by atoms with Crippen LogP contribution in [0.1, 0.15) is 29.0 Å². The Morgan fingerprint density at radius 2 is 2.00 bits per heavy atom. The highest BCUT2D eigenvalue weighted by molar-refractivity contribution is 7.99. The van der Waals surface area contributed by atoms with Gasteiger partial charge >= 0.3 is 0 Å². The first-order chi connectivity index (χ1) is 9.16. The summed E-state index contributed by atoms with van der Waals surface area (Å²) in [5, 5.41) is 5.03. The molecule has 0 spiro atoms. The second kappa shape index (κ2) is 4.77. The lowest BCUT2D eigenvalue weighted by Gasteiger charge is -2.02. The molecule has 1 fully saturated rings. The molecule has 2 aromatic rings. The fourth-order valence-corrected chi connectivity index (χ4v) is 2.76. The molecule has 98 valence electrons. The van der Waals surface area contributed by atoms with Crippen LogP contribution in [0.25, 0.3) is 0 Å². The van der Waals surface area contributed by atoms with Crippen LogP contribution in [0.15, 0.2) is 28.5 Å². The van der Waals surface area contributed by atoms with Gasteiger partial charge in [-0.25, -0.2) is 14.6 Å². The highest BCUT2D eigenvalue weighted by Gasteiger charge is 2.33. The van der Waals surface area contributed by atoms with Crippen molar-refractivity contribution in [2.45, 2.75) is 36.7 Å². The maximum Gasteiger partial charge on any atom is 0.250 e. The molecule has 19 heavy (non-hydrogen) atoms. The second-order valence-corrected chi connectivity index (χ2v) is 5.64. The van der Waals surface area contributed by atoms with Gasteiger partial charge in [0.25, 0.3) is 0 Å². The molecule has 3 rings (SSSR count). The van der Waals surface area contributed by atoms with Crippen LogP contribution in [0.5, 0.6) is 0 Å². The predicted molar refractivity (Wildman–Crippen MR) is 71.2 cm³/mol. The SMILES string of the molecule is Cc1nn(C(=O)C2CC2)c(C)c1Sc1ncccn1. The van der Waals surface area contributed by atoms with Gasteiger partial charge in [-0.3, -0.25) is 4.79 Å². The Kier molecular flexibility index (Phi) is 3.10. The number of aryl methyl sites for hydroxylation is 1. The maximum atomic E-state index is 12.1. The fraction of sp³-hybridized carbons (Fsp3) is 0.385. The summed E-state index contributed by atoms with van der Waals surface area (Å²) in [4.78, 5) is 21.5. The molecule has 0 N–H and O–H groups in total. The fourth-order valence-electron chi connectivity index (χ4n) is 1.92. The largest absolute Gasteiger partial charge is 0.272 e. The summed E-state index contributed by atoms with van der Waals surface area (Å²) in [5.41, 5.74) is 1.73. The van der Waals surface area contributed by atoms with Crippen LogP contribution in [0, 0.1) is 19.8 Å². The Labute approximate surface area is 115 Å². The van der Waals surface area contributed by atoms with Gasteiger partial charge in [0.15, 0.2) is 5.16 Å². The van der Waals surface area contributed by atoms with Gasteiger partial charge in [0.1, 0.15) is 0 Å². The Bertz CT molecular complexity index is 619. The van der Waals surface area contributed by atoms with E-state index in [9.17, 15) is 4.79 Å². The molecule has 0 aliphatic heterocycles. The van der Waals surface area contributed by atoms with Crippen LogP contribution >= 0.6 is 11.8 Å². The number of rotatable bonds is 3. The zero-order valence-corrected chi connectivity index (χ0v) is 11.6. The molecule has 0 saturated heterocycles. The summed E-state index contributed by atoms with van der Waals surface area (Å²) in [6, 6.07) is 1.78. The standard InChI is InChI=1S/C13H14N4OS/c1-8-11(19-13-14-6-3-7-15-13)9(2)17(16-8)12(18)10-4-5-10/h3,6-7,10H,4-5H2,1-2H3. The first-order valence-electron chi connectivity index (χ1n) is 6.22. The van der Waals surface area contributed by atoms with Crippen LogP contribution in [0.3, 0.4) is 0 Å². The maximum absolute atomic E-state index is 12.1. The minimum absolute atomic E-state index is 0.112. The smallest absolute Gasteiger partial charge is 0.250 e. The number of carbonyl (C=O) groups excluding carboxylic acids is 1. The van der Waals surface area contributed by atoms with Crippen molar-refractivity contribution in [2.24, 2.45) is 5.92 Å². The topological polar surface area (TPSA) is 60.7 Å². The molecule has 0 radical (unpaired) electrons. The van der Waals surface area contributed by atoms with E-state index in [-0.39, 0.29) is 11.8 Å². The van der Waals surface area contributed by atoms with Gasteiger partial charge in [-0.05, 0) is 44.5 Å². The van der Waals surface area contributed by atoms with E-state index in [0.717, 1.165) is 29.1 Å². The van der Waals surface area contributed by atoms with Crippen molar-refractivity contribution in [1.29, 1.82) is 0 Å². The monoisotopic (exact) mass is 274 g/mol. The third-order valence-electron chi connectivity index (χ3n) is 3.10. The van der Waals surface area contributed by atoms with E-state index in [2.05, 4.69) is 15.1 Å². The molecule has 0 aromatic carbocycles. The van der Waals surface area contributed by atoms with Crippen molar-refractivity contribution in [2.75, 3.05) is 0 Å². The van der Waals surface area contributed by atoms with Gasteiger partial charge < -0.3 is 0 Å². The van der Waals surface area contributed by atoms with Gasteiger partial charge in [0.05, 0.1) is 16.3 Å². The number of hydrogen-bond donors (Lipinski definition) is 0. The molecule has 1 saturated carbocycles. The zero-order valence-electron chi connectivity index (χ0n) is 10.8. The average molecular weight is 274 g/mol. The molecule has 0 bridgehead atoms. The van der Waals surface area contributed by atoms with E-state index in [1.165, 1.54) is 16.4 Å². The molecule has 0 unspecified atom stereocenters. The molecule has 5 nitrogen and oxygen atoms in total. The molecule has 0 atom stereocenters. The summed E-state index contributed by atoms with van der Waals surface area (Å²) >= 11 is 1.45. The molecule has 0 amide bonds. The Morgan fingerprint density at radius 3 is 2.63 bits per heavy atom. The summed E-state index contributed by atoms with van der Waals surface area (Å²) < 4.78 is 1.54. The average Bonchev–Trinajstić information content (AvgIpc) is 3.22.